The molecular weight excluding hydrogens is 436 g/mol. The predicted octanol–water partition coefficient (Wildman–Crippen LogP) is 5.31. The van der Waals surface area contributed by atoms with Crippen LogP contribution in [0.15, 0.2) is 36.7 Å². The Morgan fingerprint density at radius 2 is 2.00 bits per heavy atom. The third-order valence-electron chi connectivity index (χ3n) is 6.63. The maximum absolute atomic E-state index is 11.5. The van der Waals surface area contributed by atoms with E-state index in [4.69, 9.17) is 0 Å². The summed E-state index contributed by atoms with van der Waals surface area (Å²) in [5.74, 6) is -0.515. The molecule has 3 aromatic rings. The second-order valence-electron chi connectivity index (χ2n) is 9.34. The zero-order valence-corrected chi connectivity index (χ0v) is 20.2. The molecule has 0 radical (unpaired) electrons. The van der Waals surface area contributed by atoms with Gasteiger partial charge in [0.15, 0.2) is 0 Å². The molecule has 7 nitrogen and oxygen atoms in total. The molecule has 1 aromatic carbocycles. The molecule has 2 aromatic heterocycles. The van der Waals surface area contributed by atoms with Gasteiger partial charge < -0.3 is 15.5 Å². The molecular formula is C25H30N4O3S. The number of benzene rings is 1. The first-order chi connectivity index (χ1) is 15.6. The summed E-state index contributed by atoms with van der Waals surface area (Å²) in [7, 11) is 0. The molecule has 1 saturated carbocycles. The standard InChI is InChI=1S/C25H30N4O3S/c1-14-9-17(12-19(10-14)29-24-26-8-7-16(3)28-24)21-13-27-23(33-21)25(4,32)18-5-6-20(22(30)31)15(2)11-18/h7-10,12-13,15,18,20,32H,5-6,11H2,1-4H3,(H,30,31)(H,26,28,29). The average molecular weight is 467 g/mol. The van der Waals surface area contributed by atoms with Crippen LogP contribution in [0.1, 0.15) is 49.4 Å². The van der Waals surface area contributed by atoms with Crippen LogP contribution in [0.5, 0.6) is 0 Å². The molecule has 33 heavy (non-hydrogen) atoms. The number of carboxylic acid groups (broad SMARTS) is 1. The van der Waals surface area contributed by atoms with E-state index >= 15 is 0 Å². The van der Waals surface area contributed by atoms with Crippen LogP contribution < -0.4 is 5.32 Å². The van der Waals surface area contributed by atoms with Crippen LogP contribution in [0.2, 0.25) is 0 Å². The number of thiazole rings is 1. The monoisotopic (exact) mass is 466 g/mol. The van der Waals surface area contributed by atoms with Crippen LogP contribution in [-0.2, 0) is 10.4 Å². The number of hydrogen-bond donors (Lipinski definition) is 3. The largest absolute Gasteiger partial charge is 0.481 e. The minimum absolute atomic E-state index is 0.0182. The number of carboxylic acids is 1. The van der Waals surface area contributed by atoms with Gasteiger partial charge in [0.05, 0.1) is 10.8 Å². The van der Waals surface area contributed by atoms with Crippen LogP contribution in [0.25, 0.3) is 10.4 Å². The molecule has 4 rings (SSSR count). The number of aromatic nitrogens is 3. The fraction of sp³-hybridized carbons (Fsp3) is 0.440. The van der Waals surface area contributed by atoms with Crippen molar-refractivity contribution in [3.63, 3.8) is 0 Å². The van der Waals surface area contributed by atoms with Gasteiger partial charge in [-0.25, -0.2) is 15.0 Å². The first-order valence-corrected chi connectivity index (χ1v) is 12.1. The summed E-state index contributed by atoms with van der Waals surface area (Å²) in [5, 5.41) is 24.8. The number of nitrogens with one attached hydrogen (secondary N) is 1. The van der Waals surface area contributed by atoms with Crippen molar-refractivity contribution in [3.8, 4) is 10.4 Å². The van der Waals surface area contributed by atoms with Crippen molar-refractivity contribution in [3.05, 3.63) is 52.9 Å². The fourth-order valence-electron chi connectivity index (χ4n) is 4.73. The van der Waals surface area contributed by atoms with E-state index in [1.165, 1.54) is 11.3 Å². The molecule has 0 aliphatic heterocycles. The second kappa shape index (κ2) is 9.19. The maximum atomic E-state index is 11.5. The summed E-state index contributed by atoms with van der Waals surface area (Å²) in [6, 6.07) is 8.02. The van der Waals surface area contributed by atoms with E-state index in [1.807, 2.05) is 52.1 Å². The van der Waals surface area contributed by atoms with E-state index in [-0.39, 0.29) is 17.8 Å². The molecule has 174 valence electrons. The molecule has 0 bridgehead atoms. The highest BCUT2D eigenvalue weighted by molar-refractivity contribution is 7.15. The van der Waals surface area contributed by atoms with Crippen LogP contribution in [-0.4, -0.2) is 31.1 Å². The second-order valence-corrected chi connectivity index (χ2v) is 10.4. The molecule has 0 saturated heterocycles. The summed E-state index contributed by atoms with van der Waals surface area (Å²) < 4.78 is 0. The highest BCUT2D eigenvalue weighted by Crippen LogP contribution is 2.45. The lowest BCUT2D eigenvalue weighted by molar-refractivity contribution is -0.146. The number of hydrogen-bond acceptors (Lipinski definition) is 7. The minimum atomic E-state index is -1.10. The highest BCUT2D eigenvalue weighted by atomic mass is 32.1. The molecule has 1 aliphatic carbocycles. The lowest BCUT2D eigenvalue weighted by atomic mass is 9.69. The first-order valence-electron chi connectivity index (χ1n) is 11.2. The van der Waals surface area contributed by atoms with Crippen molar-refractivity contribution in [1.82, 2.24) is 15.0 Å². The summed E-state index contributed by atoms with van der Waals surface area (Å²) in [5.41, 5.74) is 2.78. The molecule has 8 heteroatoms. The smallest absolute Gasteiger partial charge is 0.306 e. The molecule has 3 N–H and O–H groups in total. The zero-order chi connectivity index (χ0) is 23.8. The van der Waals surface area contributed by atoms with Crippen molar-refractivity contribution in [1.29, 1.82) is 0 Å². The van der Waals surface area contributed by atoms with Crippen LogP contribution in [0, 0.1) is 31.6 Å². The van der Waals surface area contributed by atoms with Gasteiger partial charge in [0.2, 0.25) is 5.95 Å². The average Bonchev–Trinajstić information content (AvgIpc) is 3.24. The Bertz CT molecular complexity index is 1160. The number of aryl methyl sites for hydroxylation is 2. The number of aliphatic hydroxyl groups is 1. The van der Waals surface area contributed by atoms with E-state index in [0.29, 0.717) is 30.2 Å². The minimum Gasteiger partial charge on any atom is -0.481 e. The molecule has 4 atom stereocenters. The maximum Gasteiger partial charge on any atom is 0.306 e. The molecule has 1 aliphatic rings. The van der Waals surface area contributed by atoms with Crippen molar-refractivity contribution >= 4 is 28.9 Å². The Kier molecular flexibility index (Phi) is 6.50. The summed E-state index contributed by atoms with van der Waals surface area (Å²) in [6.07, 6.45) is 5.47. The van der Waals surface area contributed by atoms with E-state index in [0.717, 1.165) is 27.4 Å². The van der Waals surface area contributed by atoms with Gasteiger partial charge in [-0.3, -0.25) is 4.79 Å². The third-order valence-corrected chi connectivity index (χ3v) is 7.91. The third kappa shape index (κ3) is 5.07. The first kappa shape index (κ1) is 23.3. The van der Waals surface area contributed by atoms with Gasteiger partial charge in [0, 0.05) is 23.8 Å². The Labute approximate surface area is 198 Å². The lowest BCUT2D eigenvalue weighted by Gasteiger charge is -2.39. The molecule has 0 spiro atoms. The molecule has 0 amide bonds. The SMILES string of the molecule is Cc1cc(Nc2nccc(C)n2)cc(-c2cnc(C(C)(O)C3CCC(C(=O)O)C(C)C3)s2)c1. The van der Waals surface area contributed by atoms with Gasteiger partial charge >= 0.3 is 5.97 Å². The van der Waals surface area contributed by atoms with Crippen molar-refractivity contribution in [2.24, 2.45) is 17.8 Å². The van der Waals surface area contributed by atoms with Gasteiger partial charge in [-0.05, 0) is 81.2 Å². The van der Waals surface area contributed by atoms with Gasteiger partial charge in [-0.15, -0.1) is 11.3 Å². The summed E-state index contributed by atoms with van der Waals surface area (Å²) >= 11 is 1.48. The van der Waals surface area contributed by atoms with Crippen LogP contribution in [0.3, 0.4) is 0 Å². The fourth-order valence-corrected chi connectivity index (χ4v) is 5.75. The van der Waals surface area contributed by atoms with Gasteiger partial charge in [0.1, 0.15) is 10.6 Å². The van der Waals surface area contributed by atoms with E-state index in [2.05, 4.69) is 26.3 Å². The Balaban J connectivity index is 1.55. The van der Waals surface area contributed by atoms with Gasteiger partial charge in [-0.2, -0.15) is 0 Å². The van der Waals surface area contributed by atoms with Crippen molar-refractivity contribution in [2.45, 2.75) is 52.6 Å². The Morgan fingerprint density at radius 1 is 1.21 bits per heavy atom. The number of rotatable bonds is 6. The summed E-state index contributed by atoms with van der Waals surface area (Å²) in [6.45, 7) is 7.74. The predicted molar refractivity (Wildman–Crippen MR) is 130 cm³/mol. The van der Waals surface area contributed by atoms with Crippen molar-refractivity contribution in [2.75, 3.05) is 5.32 Å². The zero-order valence-electron chi connectivity index (χ0n) is 19.4. The van der Waals surface area contributed by atoms with Gasteiger partial charge in [0.25, 0.3) is 0 Å². The number of aliphatic carboxylic acids is 1. The highest BCUT2D eigenvalue weighted by Gasteiger charge is 2.42. The van der Waals surface area contributed by atoms with E-state index < -0.39 is 11.6 Å². The number of nitrogens with zero attached hydrogens (tertiary/aromatic N) is 3. The quantitative estimate of drug-likeness (QED) is 0.452. The Morgan fingerprint density at radius 3 is 2.70 bits per heavy atom. The normalized spacial score (nSPS) is 22.5. The number of anilines is 2. The van der Waals surface area contributed by atoms with E-state index in [9.17, 15) is 15.0 Å². The summed E-state index contributed by atoms with van der Waals surface area (Å²) in [4.78, 5) is 25.7. The molecule has 2 heterocycles. The van der Waals surface area contributed by atoms with Crippen molar-refractivity contribution < 1.29 is 15.0 Å². The number of carbonyl (C=O) groups is 1. The van der Waals surface area contributed by atoms with E-state index in [1.54, 1.807) is 6.20 Å². The Hall–Kier alpha value is -2.84. The van der Waals surface area contributed by atoms with Crippen LogP contribution >= 0.6 is 11.3 Å². The lowest BCUT2D eigenvalue weighted by Crippen LogP contribution is -2.39. The topological polar surface area (TPSA) is 108 Å². The van der Waals surface area contributed by atoms with Gasteiger partial charge in [-0.1, -0.05) is 13.0 Å². The van der Waals surface area contributed by atoms with Crippen LogP contribution in [0.4, 0.5) is 11.6 Å². The molecule has 4 unspecified atom stereocenters. The molecule has 1 fully saturated rings.